The van der Waals surface area contributed by atoms with Gasteiger partial charge in [0, 0.05) is 25.3 Å². The van der Waals surface area contributed by atoms with Crippen molar-refractivity contribution in [3.05, 3.63) is 66.0 Å². The van der Waals surface area contributed by atoms with Gasteiger partial charge in [0.25, 0.3) is 5.91 Å². The maximum Gasteiger partial charge on any atom is 0.254 e. The summed E-state index contributed by atoms with van der Waals surface area (Å²) >= 11 is 0. The number of benzene rings is 2. The van der Waals surface area contributed by atoms with Crippen molar-refractivity contribution in [1.29, 1.82) is 0 Å². The zero-order chi connectivity index (χ0) is 16.8. The van der Waals surface area contributed by atoms with E-state index in [0.29, 0.717) is 19.6 Å². The zero-order valence-electron chi connectivity index (χ0n) is 13.5. The van der Waals surface area contributed by atoms with Crippen LogP contribution >= 0.6 is 0 Å². The van der Waals surface area contributed by atoms with Crippen molar-refractivity contribution in [2.45, 2.75) is 12.5 Å². The lowest BCUT2D eigenvalue weighted by atomic mass is 10.1. The minimum Gasteiger partial charge on any atom is -0.374 e. The number of carbonyl (C=O) groups is 1. The van der Waals surface area contributed by atoms with E-state index in [-0.39, 0.29) is 17.6 Å². The smallest absolute Gasteiger partial charge is 0.254 e. The number of hydrogen-bond acceptors (Lipinski definition) is 3. The second kappa shape index (κ2) is 7.93. The molecule has 1 saturated heterocycles. The molecule has 1 fully saturated rings. The lowest BCUT2D eigenvalue weighted by molar-refractivity contribution is 0.0353. The molecular weight excluding hydrogens is 307 g/mol. The topological polar surface area (TPSA) is 41.6 Å². The summed E-state index contributed by atoms with van der Waals surface area (Å²) in [5.74, 6) is -0.886. The van der Waals surface area contributed by atoms with Crippen molar-refractivity contribution in [2.24, 2.45) is 0 Å². The molecule has 0 radical (unpaired) electrons. The van der Waals surface area contributed by atoms with Gasteiger partial charge in [-0.1, -0.05) is 30.3 Å². The third kappa shape index (κ3) is 4.11. The standard InChI is InChI=1S/C19H21FN2O2/c20-18-9-5-4-8-17(18)19(23)21-11-10-16-14-22(12-13-24-16)15-6-2-1-3-7-15/h1-9,16H,10-14H2,(H,21,23). The van der Waals surface area contributed by atoms with Gasteiger partial charge in [-0.25, -0.2) is 4.39 Å². The van der Waals surface area contributed by atoms with E-state index in [4.69, 9.17) is 4.74 Å². The number of rotatable bonds is 5. The van der Waals surface area contributed by atoms with Gasteiger partial charge in [0.15, 0.2) is 0 Å². The zero-order valence-corrected chi connectivity index (χ0v) is 13.5. The van der Waals surface area contributed by atoms with E-state index in [2.05, 4.69) is 22.3 Å². The summed E-state index contributed by atoms with van der Waals surface area (Å²) in [5, 5.41) is 2.76. The highest BCUT2D eigenvalue weighted by molar-refractivity contribution is 5.94. The Bertz CT molecular complexity index is 678. The fraction of sp³-hybridized carbons (Fsp3) is 0.316. The fourth-order valence-electron chi connectivity index (χ4n) is 2.85. The number of amides is 1. The van der Waals surface area contributed by atoms with Gasteiger partial charge in [0.05, 0.1) is 18.3 Å². The molecular formula is C19H21FN2O2. The average molecular weight is 328 g/mol. The van der Waals surface area contributed by atoms with Crippen LogP contribution in [0.5, 0.6) is 0 Å². The molecule has 2 aromatic carbocycles. The summed E-state index contributed by atoms with van der Waals surface area (Å²) < 4.78 is 19.3. The third-order valence-corrected chi connectivity index (χ3v) is 4.13. The van der Waals surface area contributed by atoms with E-state index in [0.717, 1.165) is 13.1 Å². The molecule has 1 atom stereocenters. The molecule has 1 aliphatic rings. The van der Waals surface area contributed by atoms with Gasteiger partial charge in [0.1, 0.15) is 5.82 Å². The van der Waals surface area contributed by atoms with E-state index in [1.807, 2.05) is 18.2 Å². The molecule has 1 aliphatic heterocycles. The SMILES string of the molecule is O=C(NCCC1CN(c2ccccc2)CCO1)c1ccccc1F. The molecule has 1 unspecified atom stereocenters. The summed E-state index contributed by atoms with van der Waals surface area (Å²) in [5.41, 5.74) is 1.26. The van der Waals surface area contributed by atoms with Crippen molar-refractivity contribution in [3.8, 4) is 0 Å². The second-order valence-corrected chi connectivity index (χ2v) is 5.80. The van der Waals surface area contributed by atoms with Crippen LogP contribution in [0.3, 0.4) is 0 Å². The van der Waals surface area contributed by atoms with Crippen molar-refractivity contribution < 1.29 is 13.9 Å². The Balaban J connectivity index is 1.48. The van der Waals surface area contributed by atoms with Gasteiger partial charge in [-0.05, 0) is 30.7 Å². The first-order valence-electron chi connectivity index (χ1n) is 8.18. The largest absolute Gasteiger partial charge is 0.374 e. The number of nitrogens with one attached hydrogen (secondary N) is 1. The Morgan fingerprint density at radius 3 is 2.71 bits per heavy atom. The number of carbonyl (C=O) groups excluding carboxylic acids is 1. The quantitative estimate of drug-likeness (QED) is 0.918. The molecule has 1 N–H and O–H groups in total. The van der Waals surface area contributed by atoms with Gasteiger partial charge < -0.3 is 15.0 Å². The lowest BCUT2D eigenvalue weighted by Crippen LogP contribution is -2.43. The van der Waals surface area contributed by atoms with Gasteiger partial charge in [-0.2, -0.15) is 0 Å². The second-order valence-electron chi connectivity index (χ2n) is 5.80. The minimum absolute atomic E-state index is 0.0554. The van der Waals surface area contributed by atoms with Gasteiger partial charge in [-0.3, -0.25) is 4.79 Å². The van der Waals surface area contributed by atoms with Crippen LogP contribution in [0.4, 0.5) is 10.1 Å². The van der Waals surface area contributed by atoms with Crippen molar-refractivity contribution >= 4 is 11.6 Å². The van der Waals surface area contributed by atoms with Crippen molar-refractivity contribution in [2.75, 3.05) is 31.1 Å². The molecule has 5 heteroatoms. The molecule has 1 heterocycles. The molecule has 4 nitrogen and oxygen atoms in total. The van der Waals surface area contributed by atoms with Crippen molar-refractivity contribution in [3.63, 3.8) is 0 Å². The highest BCUT2D eigenvalue weighted by atomic mass is 19.1. The first-order chi connectivity index (χ1) is 11.7. The average Bonchev–Trinajstić information content (AvgIpc) is 2.63. The number of nitrogens with zero attached hydrogens (tertiary/aromatic N) is 1. The number of ether oxygens (including phenoxy) is 1. The van der Waals surface area contributed by atoms with Crippen LogP contribution in [0.2, 0.25) is 0 Å². The van der Waals surface area contributed by atoms with E-state index in [9.17, 15) is 9.18 Å². The summed E-state index contributed by atoms with van der Waals surface area (Å²) in [6.07, 6.45) is 0.753. The van der Waals surface area contributed by atoms with Crippen LogP contribution in [0.1, 0.15) is 16.8 Å². The van der Waals surface area contributed by atoms with Crippen LogP contribution in [0.15, 0.2) is 54.6 Å². The summed E-state index contributed by atoms with van der Waals surface area (Å²) in [6.45, 7) is 2.78. The monoisotopic (exact) mass is 328 g/mol. The van der Waals surface area contributed by atoms with Crippen LogP contribution < -0.4 is 10.2 Å². The van der Waals surface area contributed by atoms with E-state index < -0.39 is 5.82 Å². The fourth-order valence-corrected chi connectivity index (χ4v) is 2.85. The predicted molar refractivity (Wildman–Crippen MR) is 91.7 cm³/mol. The van der Waals surface area contributed by atoms with Crippen LogP contribution in [-0.2, 0) is 4.74 Å². The summed E-state index contributed by atoms with van der Waals surface area (Å²) in [6, 6.07) is 16.2. The van der Waals surface area contributed by atoms with Crippen LogP contribution in [0, 0.1) is 5.82 Å². The van der Waals surface area contributed by atoms with E-state index >= 15 is 0 Å². The summed E-state index contributed by atoms with van der Waals surface area (Å²) in [4.78, 5) is 14.3. The predicted octanol–water partition coefficient (Wildman–Crippen LogP) is 2.85. The molecule has 24 heavy (non-hydrogen) atoms. The van der Waals surface area contributed by atoms with E-state index in [1.165, 1.54) is 17.8 Å². The maximum atomic E-state index is 13.6. The molecule has 0 aliphatic carbocycles. The molecule has 3 rings (SSSR count). The van der Waals surface area contributed by atoms with Crippen LogP contribution in [-0.4, -0.2) is 38.3 Å². The molecule has 0 saturated carbocycles. The van der Waals surface area contributed by atoms with Gasteiger partial charge >= 0.3 is 0 Å². The van der Waals surface area contributed by atoms with Gasteiger partial charge in [0.2, 0.25) is 0 Å². The number of morpholine rings is 1. The molecule has 0 bridgehead atoms. The Morgan fingerprint density at radius 1 is 1.17 bits per heavy atom. The highest BCUT2D eigenvalue weighted by Crippen LogP contribution is 2.18. The number of hydrogen-bond donors (Lipinski definition) is 1. The highest BCUT2D eigenvalue weighted by Gasteiger charge is 2.20. The normalized spacial score (nSPS) is 17.5. The number of para-hydroxylation sites is 1. The Morgan fingerprint density at radius 2 is 1.92 bits per heavy atom. The molecule has 0 aromatic heterocycles. The van der Waals surface area contributed by atoms with Gasteiger partial charge in [-0.15, -0.1) is 0 Å². The first-order valence-corrected chi connectivity index (χ1v) is 8.18. The molecule has 126 valence electrons. The molecule has 1 amide bonds. The third-order valence-electron chi connectivity index (χ3n) is 4.13. The molecule has 0 spiro atoms. The first kappa shape index (κ1) is 16.5. The van der Waals surface area contributed by atoms with E-state index in [1.54, 1.807) is 12.1 Å². The van der Waals surface area contributed by atoms with Crippen molar-refractivity contribution in [1.82, 2.24) is 5.32 Å². The maximum absolute atomic E-state index is 13.6. The Labute approximate surface area is 141 Å². The minimum atomic E-state index is -0.501. The molecule has 2 aromatic rings. The number of anilines is 1. The Hall–Kier alpha value is -2.40. The number of halogens is 1. The Kier molecular flexibility index (Phi) is 5.43. The summed E-state index contributed by atoms with van der Waals surface area (Å²) in [7, 11) is 0. The lowest BCUT2D eigenvalue weighted by Gasteiger charge is -2.34. The van der Waals surface area contributed by atoms with Crippen LogP contribution in [0.25, 0.3) is 0 Å².